The molecule has 0 unspecified atom stereocenters. The van der Waals surface area contributed by atoms with Crippen molar-refractivity contribution in [1.82, 2.24) is 5.27 Å². The minimum atomic E-state index is -0.401. The van der Waals surface area contributed by atoms with Gasteiger partial charge in [-0.1, -0.05) is 34.0 Å². The third kappa shape index (κ3) is 2.65. The largest absolute Gasteiger partial charge is 0.426 e. The highest BCUT2D eigenvalue weighted by molar-refractivity contribution is 6.35. The van der Waals surface area contributed by atoms with Gasteiger partial charge in [0, 0.05) is 16.5 Å². The first-order chi connectivity index (χ1) is 7.65. The number of hydrogen-bond donors (Lipinski definition) is 1. The van der Waals surface area contributed by atoms with Gasteiger partial charge in [-0.15, -0.1) is 0 Å². The normalized spacial score (nSPS) is 10.6. The van der Waals surface area contributed by atoms with Crippen LogP contribution in [0.25, 0.3) is 0 Å². The Balaban J connectivity index is 2.07. The summed E-state index contributed by atoms with van der Waals surface area (Å²) < 4.78 is 6.09. The molecule has 0 amide bonds. The van der Waals surface area contributed by atoms with E-state index in [9.17, 15) is 4.79 Å². The molecule has 0 aliphatic carbocycles. The van der Waals surface area contributed by atoms with E-state index in [-0.39, 0.29) is 0 Å². The Kier molecular flexibility index (Phi) is 3.31. The summed E-state index contributed by atoms with van der Waals surface area (Å²) in [6.07, 6.45) is 2.04. The minimum Gasteiger partial charge on any atom is -0.284 e. The summed E-state index contributed by atoms with van der Waals surface area (Å²) in [6, 6.07) is 5.34. The molecule has 1 aromatic carbocycles. The van der Waals surface area contributed by atoms with Gasteiger partial charge >= 0.3 is 5.63 Å². The van der Waals surface area contributed by atoms with E-state index in [0.29, 0.717) is 23.0 Å². The van der Waals surface area contributed by atoms with Crippen LogP contribution in [0, 0.1) is 0 Å². The molecule has 6 heteroatoms. The first kappa shape index (κ1) is 11.2. The molecule has 1 aromatic heterocycles. The van der Waals surface area contributed by atoms with Crippen molar-refractivity contribution < 1.29 is 9.20 Å². The predicted octanol–water partition coefficient (Wildman–Crippen LogP) is 1.80. The topological polar surface area (TPSA) is 49.9 Å². The Morgan fingerprint density at radius 2 is 2.19 bits per heavy atom. The van der Waals surface area contributed by atoms with Crippen LogP contribution in [0.15, 0.2) is 33.7 Å². The summed E-state index contributed by atoms with van der Waals surface area (Å²) in [5, 5.41) is 3.70. The molecule has 0 bridgehead atoms. The van der Waals surface area contributed by atoms with Gasteiger partial charge in [-0.25, -0.2) is 4.79 Å². The van der Waals surface area contributed by atoms with Gasteiger partial charge in [0.2, 0.25) is 0 Å². The van der Waals surface area contributed by atoms with Crippen molar-refractivity contribution in [2.45, 2.75) is 13.0 Å². The quantitative estimate of drug-likeness (QED) is 0.855. The third-order valence-corrected chi connectivity index (χ3v) is 2.75. The Bertz CT molecular complexity index is 548. The van der Waals surface area contributed by atoms with Crippen LogP contribution >= 0.6 is 23.2 Å². The Labute approximate surface area is 101 Å². The molecule has 2 rings (SSSR count). The molecule has 84 valence electrons. The van der Waals surface area contributed by atoms with E-state index in [0.717, 1.165) is 5.56 Å². The molecule has 0 fully saturated rings. The molecule has 0 saturated heterocycles. The van der Waals surface area contributed by atoms with Crippen molar-refractivity contribution in [2.24, 2.45) is 0 Å². The minimum absolute atomic E-state index is 0.401. The maximum absolute atomic E-state index is 10.8. The fourth-order valence-electron chi connectivity index (χ4n) is 1.36. The van der Waals surface area contributed by atoms with E-state index in [1.807, 2.05) is 6.07 Å². The summed E-state index contributed by atoms with van der Waals surface area (Å²) >= 11 is 11.8. The SMILES string of the molecule is O=c1c[n+](CCc2ccc(Cl)cc2Cl)[nH]o1. The van der Waals surface area contributed by atoms with E-state index in [1.165, 1.54) is 6.20 Å². The van der Waals surface area contributed by atoms with Crippen LogP contribution in [-0.2, 0) is 13.0 Å². The van der Waals surface area contributed by atoms with Gasteiger partial charge < -0.3 is 0 Å². The van der Waals surface area contributed by atoms with Crippen molar-refractivity contribution in [2.75, 3.05) is 0 Å². The van der Waals surface area contributed by atoms with Crippen LogP contribution in [0.3, 0.4) is 0 Å². The Morgan fingerprint density at radius 1 is 1.38 bits per heavy atom. The summed E-state index contributed by atoms with van der Waals surface area (Å²) in [4.78, 5) is 10.8. The van der Waals surface area contributed by atoms with E-state index < -0.39 is 5.63 Å². The highest BCUT2D eigenvalue weighted by Crippen LogP contribution is 2.21. The summed E-state index contributed by atoms with van der Waals surface area (Å²) in [6.45, 7) is 0.590. The van der Waals surface area contributed by atoms with E-state index >= 15 is 0 Å². The Hall–Kier alpha value is -1.26. The smallest absolute Gasteiger partial charge is 0.284 e. The highest BCUT2D eigenvalue weighted by atomic mass is 35.5. The lowest BCUT2D eigenvalue weighted by molar-refractivity contribution is -0.761. The van der Waals surface area contributed by atoms with Crippen molar-refractivity contribution in [3.63, 3.8) is 0 Å². The van der Waals surface area contributed by atoms with Crippen LogP contribution < -0.4 is 10.3 Å². The second-order valence-corrected chi connectivity index (χ2v) is 4.16. The number of nitrogens with zero attached hydrogens (tertiary/aromatic N) is 1. The number of H-pyrrole nitrogens is 1. The molecule has 0 saturated carbocycles. The molecule has 0 atom stereocenters. The van der Waals surface area contributed by atoms with Gasteiger partial charge in [-0.2, -0.15) is 0 Å². The third-order valence-electron chi connectivity index (χ3n) is 2.16. The van der Waals surface area contributed by atoms with Gasteiger partial charge in [0.05, 0.1) is 0 Å². The number of aromatic nitrogens is 2. The second kappa shape index (κ2) is 4.72. The predicted molar refractivity (Wildman–Crippen MR) is 59.7 cm³/mol. The van der Waals surface area contributed by atoms with Gasteiger partial charge in [0.15, 0.2) is 6.54 Å². The summed E-state index contributed by atoms with van der Waals surface area (Å²) in [7, 11) is 0. The molecule has 0 aliphatic rings. The van der Waals surface area contributed by atoms with Gasteiger partial charge in [-0.3, -0.25) is 4.52 Å². The molecule has 1 N–H and O–H groups in total. The molecule has 4 nitrogen and oxygen atoms in total. The first-order valence-electron chi connectivity index (χ1n) is 4.67. The van der Waals surface area contributed by atoms with E-state index in [4.69, 9.17) is 23.2 Å². The lowest BCUT2D eigenvalue weighted by atomic mass is 10.1. The number of rotatable bonds is 3. The molecule has 0 radical (unpaired) electrons. The molecular formula is C10H9Cl2N2O2+. The highest BCUT2D eigenvalue weighted by Gasteiger charge is 2.08. The average Bonchev–Trinajstić information content (AvgIpc) is 2.63. The maximum Gasteiger partial charge on any atom is 0.426 e. The number of nitrogens with one attached hydrogen (secondary N) is 1. The average molecular weight is 260 g/mol. The molecule has 0 spiro atoms. The molecular weight excluding hydrogens is 251 g/mol. The van der Waals surface area contributed by atoms with Crippen LogP contribution in [0.4, 0.5) is 0 Å². The molecule has 0 aliphatic heterocycles. The van der Waals surface area contributed by atoms with Crippen LogP contribution in [0.1, 0.15) is 5.56 Å². The van der Waals surface area contributed by atoms with E-state index in [1.54, 1.807) is 16.8 Å². The monoisotopic (exact) mass is 259 g/mol. The maximum atomic E-state index is 10.8. The lowest BCUT2D eigenvalue weighted by Gasteiger charge is -2.00. The first-order valence-corrected chi connectivity index (χ1v) is 5.42. The Morgan fingerprint density at radius 3 is 2.81 bits per heavy atom. The molecule has 16 heavy (non-hydrogen) atoms. The zero-order valence-corrected chi connectivity index (χ0v) is 9.76. The standard InChI is InChI=1S/C10H8Cl2N2O2/c11-8-2-1-7(9(12)5-8)3-4-14-6-10(15)16-13-14/h1-2,5-6H,3-4H2/p+1. The fraction of sp³-hybridized carbons (Fsp3) is 0.200. The van der Waals surface area contributed by atoms with Crippen molar-refractivity contribution in [1.29, 1.82) is 0 Å². The van der Waals surface area contributed by atoms with Crippen molar-refractivity contribution in [3.8, 4) is 0 Å². The zero-order chi connectivity index (χ0) is 11.5. The zero-order valence-electron chi connectivity index (χ0n) is 8.24. The number of hydrogen-bond acceptors (Lipinski definition) is 2. The number of aromatic amines is 1. The van der Waals surface area contributed by atoms with Gasteiger partial charge in [-0.05, 0) is 23.0 Å². The summed E-state index contributed by atoms with van der Waals surface area (Å²) in [5.41, 5.74) is 0.572. The van der Waals surface area contributed by atoms with Gasteiger partial charge in [0.25, 0.3) is 6.20 Å². The fourth-order valence-corrected chi connectivity index (χ4v) is 1.86. The second-order valence-electron chi connectivity index (χ2n) is 3.32. The van der Waals surface area contributed by atoms with Crippen molar-refractivity contribution >= 4 is 23.2 Å². The molecule has 2 aromatic rings. The van der Waals surface area contributed by atoms with Gasteiger partial charge in [0.1, 0.15) is 0 Å². The number of aryl methyl sites for hydroxylation is 2. The van der Waals surface area contributed by atoms with E-state index in [2.05, 4.69) is 9.79 Å². The van der Waals surface area contributed by atoms with Crippen molar-refractivity contribution in [3.05, 3.63) is 50.4 Å². The number of halogens is 2. The van der Waals surface area contributed by atoms with Crippen LogP contribution in [-0.4, -0.2) is 5.27 Å². The number of benzene rings is 1. The van der Waals surface area contributed by atoms with Crippen LogP contribution in [0.2, 0.25) is 10.0 Å². The lowest BCUT2D eigenvalue weighted by Crippen LogP contribution is -2.36. The van der Waals surface area contributed by atoms with Crippen LogP contribution in [0.5, 0.6) is 0 Å². The summed E-state index contributed by atoms with van der Waals surface area (Å²) in [5.74, 6) is 0. The molecule has 1 heterocycles.